The molecule has 1 heterocycles. The third kappa shape index (κ3) is 5.18. The van der Waals surface area contributed by atoms with Gasteiger partial charge in [0.15, 0.2) is 9.84 Å². The number of sulfone groups is 1. The monoisotopic (exact) mass is 403 g/mol. The Bertz CT molecular complexity index is 848. The minimum absolute atomic E-state index is 0.0192. The van der Waals surface area contributed by atoms with Crippen LogP contribution in [0.1, 0.15) is 20.3 Å². The number of nitrogens with one attached hydrogen (secondary N) is 2. The van der Waals surface area contributed by atoms with Crippen molar-refractivity contribution in [1.82, 2.24) is 9.62 Å². The lowest BCUT2D eigenvalue weighted by Gasteiger charge is -2.21. The number of carbonyl (C=O) groups excluding carboxylic acids is 1. The molecule has 8 nitrogen and oxygen atoms in total. The highest BCUT2D eigenvalue weighted by molar-refractivity contribution is 7.91. The van der Waals surface area contributed by atoms with Crippen molar-refractivity contribution in [3.05, 3.63) is 24.3 Å². The molecule has 0 saturated carbocycles. The molecule has 1 aliphatic rings. The van der Waals surface area contributed by atoms with Crippen molar-refractivity contribution < 1.29 is 21.6 Å². The summed E-state index contributed by atoms with van der Waals surface area (Å²) in [4.78, 5) is 12.1. The highest BCUT2D eigenvalue weighted by Gasteiger charge is 2.28. The number of rotatable bonds is 7. The number of benzene rings is 1. The van der Waals surface area contributed by atoms with E-state index in [2.05, 4.69) is 10.6 Å². The molecule has 10 heteroatoms. The molecule has 1 aromatic rings. The normalized spacial score (nSPS) is 19.7. The van der Waals surface area contributed by atoms with Crippen LogP contribution in [-0.4, -0.2) is 64.2 Å². The molecule has 0 spiro atoms. The van der Waals surface area contributed by atoms with Crippen LogP contribution in [0.15, 0.2) is 29.2 Å². The van der Waals surface area contributed by atoms with Crippen molar-refractivity contribution >= 4 is 31.5 Å². The van der Waals surface area contributed by atoms with Crippen molar-refractivity contribution in [3.63, 3.8) is 0 Å². The third-order valence-corrected chi connectivity index (χ3v) is 8.12. The van der Waals surface area contributed by atoms with E-state index in [-0.39, 0.29) is 40.9 Å². The maximum Gasteiger partial charge on any atom is 0.243 e. The zero-order valence-electron chi connectivity index (χ0n) is 15.1. The Balaban J connectivity index is 1.90. The minimum Gasteiger partial charge on any atom is -0.376 e. The molecular weight excluding hydrogens is 378 g/mol. The summed E-state index contributed by atoms with van der Waals surface area (Å²) in [7, 11) is -5.05. The molecule has 146 valence electrons. The molecule has 1 saturated heterocycles. The highest BCUT2D eigenvalue weighted by Crippen LogP contribution is 2.19. The topological polar surface area (TPSA) is 113 Å². The van der Waals surface area contributed by atoms with E-state index in [1.165, 1.54) is 23.5 Å². The number of carbonyl (C=O) groups is 1. The van der Waals surface area contributed by atoms with Gasteiger partial charge < -0.3 is 10.6 Å². The predicted molar refractivity (Wildman–Crippen MR) is 100 cm³/mol. The van der Waals surface area contributed by atoms with Gasteiger partial charge in [-0.2, -0.15) is 4.31 Å². The van der Waals surface area contributed by atoms with Crippen molar-refractivity contribution in [2.24, 2.45) is 0 Å². The summed E-state index contributed by atoms with van der Waals surface area (Å²) in [6.07, 6.45) is 0.435. The Morgan fingerprint density at radius 3 is 2.38 bits per heavy atom. The van der Waals surface area contributed by atoms with Crippen LogP contribution in [-0.2, 0) is 24.7 Å². The Labute approximate surface area is 154 Å². The van der Waals surface area contributed by atoms with Gasteiger partial charge in [0.25, 0.3) is 0 Å². The number of sulfonamides is 1. The second kappa shape index (κ2) is 7.93. The van der Waals surface area contributed by atoms with E-state index in [1.54, 1.807) is 26.0 Å². The second-order valence-corrected chi connectivity index (χ2v) is 10.9. The van der Waals surface area contributed by atoms with E-state index in [4.69, 9.17) is 0 Å². The first-order valence-corrected chi connectivity index (χ1v) is 11.6. The second-order valence-electron chi connectivity index (χ2n) is 6.66. The predicted octanol–water partition coefficient (Wildman–Crippen LogP) is 0.431. The van der Waals surface area contributed by atoms with Crippen molar-refractivity contribution in [2.75, 3.05) is 30.4 Å². The van der Waals surface area contributed by atoms with Crippen LogP contribution in [0.2, 0.25) is 0 Å². The number of anilines is 1. The average Bonchev–Trinajstić information content (AvgIpc) is 2.91. The Hall–Kier alpha value is -1.65. The van der Waals surface area contributed by atoms with Gasteiger partial charge in [0.05, 0.1) is 22.9 Å². The molecule has 0 radical (unpaired) electrons. The lowest BCUT2D eigenvalue weighted by molar-refractivity contribution is -0.119. The summed E-state index contributed by atoms with van der Waals surface area (Å²) >= 11 is 0. The summed E-state index contributed by atoms with van der Waals surface area (Å²) in [6.45, 7) is 3.57. The molecule has 2 rings (SSSR count). The van der Waals surface area contributed by atoms with Crippen LogP contribution in [0.25, 0.3) is 0 Å². The molecule has 2 N–H and O–H groups in total. The maximum absolute atomic E-state index is 12.4. The van der Waals surface area contributed by atoms with Crippen molar-refractivity contribution in [3.8, 4) is 0 Å². The van der Waals surface area contributed by atoms with E-state index in [0.29, 0.717) is 12.1 Å². The smallest absolute Gasteiger partial charge is 0.243 e. The van der Waals surface area contributed by atoms with Gasteiger partial charge in [-0.25, -0.2) is 16.8 Å². The summed E-state index contributed by atoms with van der Waals surface area (Å²) < 4.78 is 48.8. The van der Waals surface area contributed by atoms with Gasteiger partial charge in [-0.1, -0.05) is 0 Å². The Kier molecular flexibility index (Phi) is 6.30. The van der Waals surface area contributed by atoms with Gasteiger partial charge in [-0.05, 0) is 44.5 Å². The molecule has 1 unspecified atom stereocenters. The highest BCUT2D eigenvalue weighted by atomic mass is 32.2. The van der Waals surface area contributed by atoms with E-state index in [0.717, 1.165) is 0 Å². The summed E-state index contributed by atoms with van der Waals surface area (Å²) in [5.74, 6) is -0.218. The maximum atomic E-state index is 12.4. The van der Waals surface area contributed by atoms with Crippen molar-refractivity contribution in [1.29, 1.82) is 0 Å². The SMILES string of the molecule is CC(C)N(C)S(=O)(=O)c1ccc(NCC(=O)NC2CCS(=O)(=O)C2)cc1. The Morgan fingerprint density at radius 2 is 1.88 bits per heavy atom. The van der Waals surface area contributed by atoms with E-state index in [1.807, 2.05) is 0 Å². The first-order chi connectivity index (χ1) is 12.0. The van der Waals surface area contributed by atoms with Crippen molar-refractivity contribution in [2.45, 2.75) is 37.2 Å². The zero-order valence-corrected chi connectivity index (χ0v) is 16.7. The van der Waals surface area contributed by atoms with Crippen LogP contribution >= 0.6 is 0 Å². The molecule has 0 aromatic heterocycles. The fraction of sp³-hybridized carbons (Fsp3) is 0.562. The lowest BCUT2D eigenvalue weighted by Crippen LogP contribution is -2.39. The average molecular weight is 404 g/mol. The first kappa shape index (κ1) is 20.7. The summed E-state index contributed by atoms with van der Waals surface area (Å²) in [5, 5.41) is 5.58. The zero-order chi connectivity index (χ0) is 19.5. The van der Waals surface area contributed by atoms with Gasteiger partial charge in [-0.15, -0.1) is 0 Å². The van der Waals surface area contributed by atoms with E-state index in [9.17, 15) is 21.6 Å². The van der Waals surface area contributed by atoms with Gasteiger partial charge in [0.2, 0.25) is 15.9 Å². The van der Waals surface area contributed by atoms with E-state index < -0.39 is 19.9 Å². The minimum atomic E-state index is -3.54. The third-order valence-electron chi connectivity index (χ3n) is 4.31. The van der Waals surface area contributed by atoms with Gasteiger partial charge in [-0.3, -0.25) is 4.79 Å². The standard InChI is InChI=1S/C16H25N3O5S2/c1-12(2)19(3)26(23,24)15-6-4-13(5-7-15)17-10-16(20)18-14-8-9-25(21,22)11-14/h4-7,12,14,17H,8-11H2,1-3H3,(H,18,20). The molecule has 0 bridgehead atoms. The molecule has 26 heavy (non-hydrogen) atoms. The quantitative estimate of drug-likeness (QED) is 0.683. The molecule has 1 atom stereocenters. The number of nitrogens with zero attached hydrogens (tertiary/aromatic N) is 1. The fourth-order valence-corrected chi connectivity index (χ4v) is 5.60. The largest absolute Gasteiger partial charge is 0.376 e. The first-order valence-electron chi connectivity index (χ1n) is 8.33. The van der Waals surface area contributed by atoms with Crippen LogP contribution < -0.4 is 10.6 Å². The van der Waals surface area contributed by atoms with Gasteiger partial charge in [0.1, 0.15) is 0 Å². The van der Waals surface area contributed by atoms with Crippen LogP contribution in [0, 0.1) is 0 Å². The van der Waals surface area contributed by atoms with E-state index >= 15 is 0 Å². The van der Waals surface area contributed by atoms with Gasteiger partial charge in [0, 0.05) is 24.8 Å². The summed E-state index contributed by atoms with van der Waals surface area (Å²) in [5.41, 5.74) is 0.602. The number of hydrogen-bond donors (Lipinski definition) is 2. The van der Waals surface area contributed by atoms with Crippen LogP contribution in [0.3, 0.4) is 0 Å². The molecule has 1 aliphatic heterocycles. The molecule has 1 fully saturated rings. The molecular formula is C16H25N3O5S2. The molecule has 1 aromatic carbocycles. The fourth-order valence-electron chi connectivity index (χ4n) is 2.56. The summed E-state index contributed by atoms with van der Waals surface area (Å²) in [6, 6.07) is 5.66. The van der Waals surface area contributed by atoms with Gasteiger partial charge >= 0.3 is 0 Å². The Morgan fingerprint density at radius 1 is 1.27 bits per heavy atom. The number of hydrogen-bond acceptors (Lipinski definition) is 6. The number of amides is 1. The van der Waals surface area contributed by atoms with Crippen LogP contribution in [0.4, 0.5) is 5.69 Å². The molecule has 1 amide bonds. The van der Waals surface area contributed by atoms with Crippen LogP contribution in [0.5, 0.6) is 0 Å². The lowest BCUT2D eigenvalue weighted by atomic mass is 10.2. The molecule has 0 aliphatic carbocycles.